The molecular formula is C13H12ClF3N2O. The van der Waals surface area contributed by atoms with Gasteiger partial charge in [0.25, 0.3) is 0 Å². The fraction of sp³-hybridized carbons (Fsp3) is 0.231. The minimum atomic E-state index is -4.44. The predicted octanol–water partition coefficient (Wildman–Crippen LogP) is 3.58. The molecule has 0 amide bonds. The lowest BCUT2D eigenvalue weighted by atomic mass is 10.1. The van der Waals surface area contributed by atoms with Gasteiger partial charge < -0.3 is 15.9 Å². The van der Waals surface area contributed by atoms with Crippen LogP contribution in [0.5, 0.6) is 0 Å². The topological polar surface area (TPSA) is 65.2 Å². The van der Waals surface area contributed by atoms with E-state index in [0.717, 1.165) is 12.1 Å². The Morgan fingerprint density at radius 2 is 1.90 bits per heavy atom. The summed E-state index contributed by atoms with van der Waals surface area (Å²) in [6.07, 6.45) is -4.44. The van der Waals surface area contributed by atoms with Crippen molar-refractivity contribution in [2.45, 2.75) is 12.2 Å². The second kappa shape index (κ2) is 5.47. The Hall–Kier alpha value is -1.50. The summed E-state index contributed by atoms with van der Waals surface area (Å²) in [5.41, 5.74) is 10.5. The van der Waals surface area contributed by atoms with Crippen molar-refractivity contribution < 1.29 is 17.6 Å². The largest absolute Gasteiger partial charge is 0.459 e. The second-order valence-corrected chi connectivity index (χ2v) is 4.64. The monoisotopic (exact) mass is 304 g/mol. The van der Waals surface area contributed by atoms with Gasteiger partial charge in [-0.2, -0.15) is 13.2 Å². The fourth-order valence-electron chi connectivity index (χ4n) is 1.70. The third kappa shape index (κ3) is 2.98. The van der Waals surface area contributed by atoms with Crippen molar-refractivity contribution >= 4 is 11.6 Å². The Morgan fingerprint density at radius 3 is 2.50 bits per heavy atom. The van der Waals surface area contributed by atoms with Crippen LogP contribution in [-0.4, -0.2) is 6.54 Å². The molecule has 4 N–H and O–H groups in total. The molecule has 1 atom stereocenters. The Bertz CT molecular complexity index is 610. The molecule has 0 aliphatic heterocycles. The van der Waals surface area contributed by atoms with Crippen LogP contribution < -0.4 is 11.5 Å². The van der Waals surface area contributed by atoms with E-state index in [1.54, 1.807) is 6.07 Å². The molecule has 108 valence electrons. The maximum Gasteiger partial charge on any atom is 0.416 e. The third-order valence-corrected chi connectivity index (χ3v) is 3.13. The van der Waals surface area contributed by atoms with E-state index in [1.165, 1.54) is 12.1 Å². The molecule has 2 rings (SSSR count). The number of benzene rings is 1. The molecule has 0 saturated heterocycles. The van der Waals surface area contributed by atoms with Gasteiger partial charge in [0.05, 0.1) is 16.6 Å². The van der Waals surface area contributed by atoms with Gasteiger partial charge in [0.2, 0.25) is 0 Å². The number of alkyl halides is 3. The van der Waals surface area contributed by atoms with Crippen molar-refractivity contribution in [3.8, 4) is 11.3 Å². The molecule has 1 heterocycles. The third-order valence-electron chi connectivity index (χ3n) is 2.81. The van der Waals surface area contributed by atoms with Gasteiger partial charge in [0, 0.05) is 12.1 Å². The van der Waals surface area contributed by atoms with E-state index in [1.807, 2.05) is 0 Å². The Labute approximate surface area is 118 Å². The SMILES string of the molecule is NCC(N)c1ccc(-c2cc(C(F)(F)F)ccc2Cl)o1. The Kier molecular flexibility index (Phi) is 4.08. The molecule has 0 aliphatic rings. The average molecular weight is 305 g/mol. The van der Waals surface area contributed by atoms with Gasteiger partial charge in [-0.15, -0.1) is 0 Å². The summed E-state index contributed by atoms with van der Waals surface area (Å²) in [5.74, 6) is 0.621. The quantitative estimate of drug-likeness (QED) is 0.911. The van der Waals surface area contributed by atoms with Gasteiger partial charge in [-0.1, -0.05) is 11.6 Å². The number of rotatable bonds is 3. The first-order chi connectivity index (χ1) is 9.32. The summed E-state index contributed by atoms with van der Waals surface area (Å²) in [6, 6.07) is 5.63. The number of nitrogens with two attached hydrogens (primary N) is 2. The molecule has 0 fully saturated rings. The lowest BCUT2D eigenvalue weighted by molar-refractivity contribution is -0.137. The predicted molar refractivity (Wildman–Crippen MR) is 70.1 cm³/mol. The molecule has 0 saturated carbocycles. The van der Waals surface area contributed by atoms with Crippen LogP contribution in [0.15, 0.2) is 34.7 Å². The molecule has 0 bridgehead atoms. The van der Waals surface area contributed by atoms with Crippen LogP contribution in [0.25, 0.3) is 11.3 Å². The van der Waals surface area contributed by atoms with Crippen LogP contribution >= 0.6 is 11.6 Å². The van der Waals surface area contributed by atoms with Gasteiger partial charge in [-0.25, -0.2) is 0 Å². The van der Waals surface area contributed by atoms with Crippen molar-refractivity contribution in [3.63, 3.8) is 0 Å². The number of halogens is 4. The van der Waals surface area contributed by atoms with Crippen molar-refractivity contribution in [2.24, 2.45) is 11.5 Å². The first-order valence-electron chi connectivity index (χ1n) is 5.75. The van der Waals surface area contributed by atoms with Crippen LogP contribution in [0.4, 0.5) is 13.2 Å². The molecular weight excluding hydrogens is 293 g/mol. The van der Waals surface area contributed by atoms with Gasteiger partial charge in [0.1, 0.15) is 11.5 Å². The van der Waals surface area contributed by atoms with Gasteiger partial charge in [-0.3, -0.25) is 0 Å². The van der Waals surface area contributed by atoms with E-state index in [9.17, 15) is 13.2 Å². The lowest BCUT2D eigenvalue weighted by Crippen LogP contribution is -2.19. The summed E-state index contributed by atoms with van der Waals surface area (Å²) < 4.78 is 43.5. The van der Waals surface area contributed by atoms with Crippen molar-refractivity contribution in [3.05, 3.63) is 46.7 Å². The highest BCUT2D eigenvalue weighted by molar-refractivity contribution is 6.33. The summed E-state index contributed by atoms with van der Waals surface area (Å²) in [7, 11) is 0. The van der Waals surface area contributed by atoms with Crippen LogP contribution in [0.3, 0.4) is 0 Å². The Morgan fingerprint density at radius 1 is 1.20 bits per heavy atom. The lowest BCUT2D eigenvalue weighted by Gasteiger charge is -2.09. The van der Waals surface area contributed by atoms with Crippen LogP contribution in [0.1, 0.15) is 17.4 Å². The first-order valence-corrected chi connectivity index (χ1v) is 6.13. The molecule has 1 unspecified atom stereocenters. The van der Waals surface area contributed by atoms with Gasteiger partial charge in [0.15, 0.2) is 0 Å². The first kappa shape index (κ1) is 14.9. The van der Waals surface area contributed by atoms with Crippen LogP contribution in [0.2, 0.25) is 5.02 Å². The summed E-state index contributed by atoms with van der Waals surface area (Å²) in [5, 5.41) is 0.167. The minimum Gasteiger partial charge on any atom is -0.459 e. The molecule has 3 nitrogen and oxygen atoms in total. The number of furan rings is 1. The molecule has 7 heteroatoms. The van der Waals surface area contributed by atoms with Gasteiger partial charge in [-0.05, 0) is 30.3 Å². The van der Waals surface area contributed by atoms with E-state index in [4.69, 9.17) is 27.5 Å². The summed E-state index contributed by atoms with van der Waals surface area (Å²) >= 11 is 5.92. The van der Waals surface area contributed by atoms with E-state index in [0.29, 0.717) is 5.76 Å². The van der Waals surface area contributed by atoms with Crippen LogP contribution in [-0.2, 0) is 6.18 Å². The zero-order chi connectivity index (χ0) is 14.9. The summed E-state index contributed by atoms with van der Waals surface area (Å²) in [4.78, 5) is 0. The summed E-state index contributed by atoms with van der Waals surface area (Å²) in [6.45, 7) is 0.170. The smallest absolute Gasteiger partial charge is 0.416 e. The number of hydrogen-bond acceptors (Lipinski definition) is 3. The van der Waals surface area contributed by atoms with E-state index in [-0.39, 0.29) is 22.9 Å². The van der Waals surface area contributed by atoms with E-state index >= 15 is 0 Å². The maximum absolute atomic E-state index is 12.7. The van der Waals surface area contributed by atoms with Crippen molar-refractivity contribution in [1.82, 2.24) is 0 Å². The van der Waals surface area contributed by atoms with Crippen molar-refractivity contribution in [2.75, 3.05) is 6.54 Å². The molecule has 0 spiro atoms. The highest BCUT2D eigenvalue weighted by Gasteiger charge is 2.31. The zero-order valence-corrected chi connectivity index (χ0v) is 11.0. The normalized spacial score (nSPS) is 13.5. The molecule has 1 aromatic carbocycles. The van der Waals surface area contributed by atoms with Crippen molar-refractivity contribution in [1.29, 1.82) is 0 Å². The highest BCUT2D eigenvalue weighted by atomic mass is 35.5. The molecule has 20 heavy (non-hydrogen) atoms. The molecule has 0 aliphatic carbocycles. The number of hydrogen-bond donors (Lipinski definition) is 2. The standard InChI is InChI=1S/C13H12ClF3N2O/c14-9-2-1-7(13(15,16)17)5-8(9)11-3-4-12(20-11)10(19)6-18/h1-5,10H,6,18-19H2. The van der Waals surface area contributed by atoms with Crippen LogP contribution in [0, 0.1) is 0 Å². The molecule has 2 aromatic rings. The molecule has 1 aromatic heterocycles. The maximum atomic E-state index is 12.7. The van der Waals surface area contributed by atoms with E-state index < -0.39 is 17.8 Å². The average Bonchev–Trinajstić information content (AvgIpc) is 2.86. The molecule has 0 radical (unpaired) electrons. The fourth-order valence-corrected chi connectivity index (χ4v) is 1.91. The zero-order valence-electron chi connectivity index (χ0n) is 10.2. The minimum absolute atomic E-state index is 0.164. The van der Waals surface area contributed by atoms with E-state index in [2.05, 4.69) is 0 Å². The second-order valence-electron chi connectivity index (χ2n) is 4.24. The Balaban J connectivity index is 2.44. The highest BCUT2D eigenvalue weighted by Crippen LogP contribution is 2.36. The van der Waals surface area contributed by atoms with Gasteiger partial charge >= 0.3 is 6.18 Å².